The van der Waals surface area contributed by atoms with Crippen molar-refractivity contribution < 1.29 is 37.4 Å². The van der Waals surface area contributed by atoms with E-state index in [4.69, 9.17) is 4.74 Å². The molecule has 7 nitrogen and oxygen atoms in total. The molecule has 2 aliphatic carbocycles. The molecule has 0 radical (unpaired) electrons. The number of fused-ring (bicyclic) bond motifs is 3. The zero-order valence-electron chi connectivity index (χ0n) is 18.0. The van der Waals surface area contributed by atoms with Crippen molar-refractivity contribution >= 4 is 18.0 Å². The highest BCUT2D eigenvalue weighted by molar-refractivity contribution is 5.89. The molecule has 0 aliphatic heterocycles. The number of ether oxygens (including phenoxy) is 1. The number of carbonyl (C=O) groups excluding carboxylic acids is 2. The summed E-state index contributed by atoms with van der Waals surface area (Å²) < 4.78 is 44.4. The number of benzene rings is 2. The molecule has 34 heavy (non-hydrogen) atoms. The Morgan fingerprint density at radius 1 is 0.971 bits per heavy atom. The molecule has 180 valence electrons. The quantitative estimate of drug-likeness (QED) is 0.537. The predicted octanol–water partition coefficient (Wildman–Crippen LogP) is 3.83. The number of carboxylic acids is 1. The van der Waals surface area contributed by atoms with E-state index in [0.717, 1.165) is 22.3 Å². The molecule has 0 bridgehead atoms. The second-order valence-electron chi connectivity index (χ2n) is 8.50. The van der Waals surface area contributed by atoms with E-state index >= 15 is 0 Å². The molecule has 2 amide bonds. The SMILES string of the molecule is O=C(NC(CC(F)(F)F)C(=O)NC(C(=O)O)C1CC1)OCC1c2ccccc2-c2ccccc21. The van der Waals surface area contributed by atoms with Gasteiger partial charge < -0.3 is 20.5 Å². The summed E-state index contributed by atoms with van der Waals surface area (Å²) in [7, 11) is 0. The molecule has 2 atom stereocenters. The van der Waals surface area contributed by atoms with Gasteiger partial charge in [-0.25, -0.2) is 9.59 Å². The number of hydrogen-bond donors (Lipinski definition) is 3. The van der Waals surface area contributed by atoms with Gasteiger partial charge in [0.25, 0.3) is 0 Å². The molecule has 0 aromatic heterocycles. The summed E-state index contributed by atoms with van der Waals surface area (Å²) in [5.41, 5.74) is 3.83. The first-order valence-electron chi connectivity index (χ1n) is 10.9. The molecule has 0 saturated heterocycles. The number of nitrogens with one attached hydrogen (secondary N) is 2. The van der Waals surface area contributed by atoms with Crippen molar-refractivity contribution in [2.75, 3.05) is 6.61 Å². The van der Waals surface area contributed by atoms with Gasteiger partial charge in [0.05, 0.1) is 6.42 Å². The number of rotatable bonds is 8. The number of carboxylic acid groups (broad SMARTS) is 1. The molecule has 3 N–H and O–H groups in total. The van der Waals surface area contributed by atoms with E-state index in [0.29, 0.717) is 12.8 Å². The summed E-state index contributed by atoms with van der Waals surface area (Å²) in [5, 5.41) is 13.3. The molecule has 2 aromatic carbocycles. The fourth-order valence-electron chi connectivity index (χ4n) is 4.29. The van der Waals surface area contributed by atoms with E-state index in [1.165, 1.54) is 0 Å². The Labute approximate surface area is 193 Å². The van der Waals surface area contributed by atoms with Crippen molar-refractivity contribution in [3.8, 4) is 11.1 Å². The summed E-state index contributed by atoms with van der Waals surface area (Å²) in [4.78, 5) is 36.2. The standard InChI is InChI=1S/C24H23F3N2O5/c25-24(26,27)11-19(21(30)29-20(22(31)32)13-9-10-13)28-23(33)34-12-18-16-7-3-1-5-14(16)15-6-2-4-8-17(15)18/h1-8,13,18-20H,9-12H2,(H,28,33)(H,29,30)(H,31,32). The largest absolute Gasteiger partial charge is 0.480 e. The number of hydrogen-bond acceptors (Lipinski definition) is 4. The molecule has 0 spiro atoms. The Balaban J connectivity index is 1.43. The Morgan fingerprint density at radius 3 is 2.03 bits per heavy atom. The van der Waals surface area contributed by atoms with Gasteiger partial charge in [-0.05, 0) is 41.0 Å². The molecule has 4 rings (SSSR count). The minimum absolute atomic E-state index is 0.139. The number of amides is 2. The molecule has 10 heteroatoms. The van der Waals surface area contributed by atoms with Gasteiger partial charge in [-0.15, -0.1) is 0 Å². The molecular weight excluding hydrogens is 453 g/mol. The molecule has 2 aromatic rings. The van der Waals surface area contributed by atoms with Crippen molar-refractivity contribution in [2.24, 2.45) is 5.92 Å². The first-order valence-corrected chi connectivity index (χ1v) is 10.9. The monoisotopic (exact) mass is 476 g/mol. The summed E-state index contributed by atoms with van der Waals surface area (Å²) >= 11 is 0. The molecule has 0 heterocycles. The summed E-state index contributed by atoms with van der Waals surface area (Å²) in [5.74, 6) is -3.19. The van der Waals surface area contributed by atoms with Crippen LogP contribution in [0.5, 0.6) is 0 Å². The Morgan fingerprint density at radius 2 is 1.53 bits per heavy atom. The van der Waals surface area contributed by atoms with Gasteiger partial charge >= 0.3 is 18.2 Å². The van der Waals surface area contributed by atoms with Gasteiger partial charge in [0.1, 0.15) is 18.7 Å². The average molecular weight is 476 g/mol. The fraction of sp³-hybridized carbons (Fsp3) is 0.375. The first kappa shape index (κ1) is 23.6. The number of alkyl halides is 3. The van der Waals surface area contributed by atoms with E-state index < -0.39 is 42.7 Å². The van der Waals surface area contributed by atoms with Crippen LogP contribution in [0.4, 0.5) is 18.0 Å². The van der Waals surface area contributed by atoms with E-state index in [-0.39, 0.29) is 18.4 Å². The van der Waals surface area contributed by atoms with E-state index in [2.05, 4.69) is 5.32 Å². The van der Waals surface area contributed by atoms with E-state index in [1.807, 2.05) is 53.8 Å². The molecular formula is C24H23F3N2O5. The average Bonchev–Trinajstić information content (AvgIpc) is 3.57. The highest BCUT2D eigenvalue weighted by Gasteiger charge is 2.41. The van der Waals surface area contributed by atoms with Gasteiger partial charge in [0.15, 0.2) is 0 Å². The molecule has 1 fully saturated rings. The van der Waals surface area contributed by atoms with Gasteiger partial charge in [0.2, 0.25) is 5.91 Å². The van der Waals surface area contributed by atoms with Crippen LogP contribution in [0.1, 0.15) is 36.3 Å². The topological polar surface area (TPSA) is 105 Å². The minimum Gasteiger partial charge on any atom is -0.480 e. The number of carbonyl (C=O) groups is 3. The number of halogens is 3. The predicted molar refractivity (Wildman–Crippen MR) is 115 cm³/mol. The highest BCUT2D eigenvalue weighted by Crippen LogP contribution is 2.44. The second kappa shape index (κ2) is 9.36. The highest BCUT2D eigenvalue weighted by atomic mass is 19.4. The fourth-order valence-corrected chi connectivity index (χ4v) is 4.29. The number of alkyl carbamates (subject to hydrolysis) is 1. The lowest BCUT2D eigenvalue weighted by Crippen LogP contribution is -2.53. The van der Waals surface area contributed by atoms with Gasteiger partial charge in [-0.3, -0.25) is 4.79 Å². The van der Waals surface area contributed by atoms with Crippen molar-refractivity contribution in [3.63, 3.8) is 0 Å². The third-order valence-electron chi connectivity index (χ3n) is 6.05. The van der Waals surface area contributed by atoms with Crippen LogP contribution < -0.4 is 10.6 Å². The van der Waals surface area contributed by atoms with Crippen LogP contribution in [0.2, 0.25) is 0 Å². The Kier molecular flexibility index (Phi) is 6.49. The lowest BCUT2D eigenvalue weighted by molar-refractivity contribution is -0.151. The molecule has 1 saturated carbocycles. The Hall–Kier alpha value is -3.56. The molecule has 2 aliphatic rings. The second-order valence-corrected chi connectivity index (χ2v) is 8.50. The van der Waals surface area contributed by atoms with Crippen molar-refractivity contribution in [3.05, 3.63) is 59.7 Å². The zero-order valence-corrected chi connectivity index (χ0v) is 18.0. The lowest BCUT2D eigenvalue weighted by atomic mass is 9.98. The normalized spacial score (nSPS) is 16.7. The van der Waals surface area contributed by atoms with Crippen molar-refractivity contribution in [1.82, 2.24) is 10.6 Å². The zero-order chi connectivity index (χ0) is 24.5. The van der Waals surface area contributed by atoms with E-state index in [9.17, 15) is 32.7 Å². The van der Waals surface area contributed by atoms with Crippen molar-refractivity contribution in [1.29, 1.82) is 0 Å². The van der Waals surface area contributed by atoms with Crippen LogP contribution in [-0.2, 0) is 14.3 Å². The summed E-state index contributed by atoms with van der Waals surface area (Å²) in [6.45, 7) is -0.139. The van der Waals surface area contributed by atoms with Crippen LogP contribution in [0, 0.1) is 5.92 Å². The van der Waals surface area contributed by atoms with Gasteiger partial charge in [-0.2, -0.15) is 13.2 Å². The number of aliphatic carboxylic acids is 1. The smallest absolute Gasteiger partial charge is 0.407 e. The van der Waals surface area contributed by atoms with Crippen LogP contribution >= 0.6 is 0 Å². The van der Waals surface area contributed by atoms with E-state index in [1.54, 1.807) is 0 Å². The van der Waals surface area contributed by atoms with Crippen LogP contribution in [0.3, 0.4) is 0 Å². The maximum Gasteiger partial charge on any atom is 0.407 e. The minimum atomic E-state index is -4.77. The maximum absolute atomic E-state index is 13.1. The lowest BCUT2D eigenvalue weighted by Gasteiger charge is -2.22. The van der Waals surface area contributed by atoms with Crippen LogP contribution in [-0.4, -0.2) is 47.9 Å². The third-order valence-corrected chi connectivity index (χ3v) is 6.05. The summed E-state index contributed by atoms with van der Waals surface area (Å²) in [6, 6.07) is 11.8. The van der Waals surface area contributed by atoms with Crippen LogP contribution in [0.25, 0.3) is 11.1 Å². The maximum atomic E-state index is 13.1. The van der Waals surface area contributed by atoms with Crippen LogP contribution in [0.15, 0.2) is 48.5 Å². The molecule has 2 unspecified atom stereocenters. The first-order chi connectivity index (χ1) is 16.1. The third kappa shape index (κ3) is 5.32. The van der Waals surface area contributed by atoms with Gasteiger partial charge in [0, 0.05) is 5.92 Å². The Bertz CT molecular complexity index is 1050. The van der Waals surface area contributed by atoms with Gasteiger partial charge in [-0.1, -0.05) is 48.5 Å². The summed E-state index contributed by atoms with van der Waals surface area (Å²) in [6.07, 6.45) is -6.50. The van der Waals surface area contributed by atoms with Crippen molar-refractivity contribution in [2.45, 2.75) is 43.4 Å².